The van der Waals surface area contributed by atoms with Crippen molar-refractivity contribution in [3.05, 3.63) is 27.7 Å². The largest absolute Gasteiger partial charge is 0.493 e. The smallest absolute Gasteiger partial charge is 0.127 e. The molecule has 0 saturated heterocycles. The lowest BCUT2D eigenvalue weighted by molar-refractivity contribution is 0.283. The second kappa shape index (κ2) is 6.48. The van der Waals surface area contributed by atoms with Crippen molar-refractivity contribution < 1.29 is 4.74 Å². The van der Waals surface area contributed by atoms with E-state index in [2.05, 4.69) is 40.3 Å². The van der Waals surface area contributed by atoms with Crippen LogP contribution in [0.4, 0.5) is 0 Å². The van der Waals surface area contributed by atoms with Gasteiger partial charge in [-0.15, -0.1) is 0 Å². The third kappa shape index (κ3) is 3.20. The molecule has 2 aliphatic rings. The van der Waals surface area contributed by atoms with Crippen molar-refractivity contribution in [2.45, 2.75) is 58.0 Å². The van der Waals surface area contributed by atoms with Gasteiger partial charge in [-0.25, -0.2) is 0 Å². The molecule has 1 aromatic carbocycles. The van der Waals surface area contributed by atoms with Gasteiger partial charge in [-0.2, -0.15) is 0 Å². The van der Waals surface area contributed by atoms with Crippen LogP contribution >= 0.6 is 15.9 Å². The van der Waals surface area contributed by atoms with Crippen molar-refractivity contribution in [1.82, 2.24) is 5.32 Å². The molecule has 0 amide bonds. The molecule has 0 bridgehead atoms. The lowest BCUT2D eigenvalue weighted by Gasteiger charge is -2.28. The Morgan fingerprint density at radius 1 is 1.25 bits per heavy atom. The molecule has 1 fully saturated rings. The van der Waals surface area contributed by atoms with Crippen molar-refractivity contribution >= 4 is 15.9 Å². The quantitative estimate of drug-likeness (QED) is 0.876. The number of rotatable bonds is 4. The second-order valence-corrected chi connectivity index (χ2v) is 7.07. The molecule has 0 atom stereocenters. The first-order valence-corrected chi connectivity index (χ1v) is 8.73. The summed E-state index contributed by atoms with van der Waals surface area (Å²) in [5, 5.41) is 3.74. The highest BCUT2D eigenvalue weighted by Crippen LogP contribution is 2.33. The van der Waals surface area contributed by atoms with Crippen LogP contribution in [-0.4, -0.2) is 12.6 Å². The highest BCUT2D eigenvalue weighted by molar-refractivity contribution is 9.10. The van der Waals surface area contributed by atoms with E-state index in [0.29, 0.717) is 6.04 Å². The Kier molecular flexibility index (Phi) is 4.67. The third-order valence-electron chi connectivity index (χ3n) is 4.83. The Labute approximate surface area is 130 Å². The molecule has 1 N–H and O–H groups in total. The Bertz CT molecular complexity index is 466. The van der Waals surface area contributed by atoms with Crippen LogP contribution in [0.25, 0.3) is 0 Å². The van der Waals surface area contributed by atoms with Gasteiger partial charge in [-0.3, -0.25) is 0 Å². The van der Waals surface area contributed by atoms with Crippen molar-refractivity contribution in [2.24, 2.45) is 5.92 Å². The van der Waals surface area contributed by atoms with Crippen LogP contribution in [-0.2, 0) is 13.0 Å². The van der Waals surface area contributed by atoms with Gasteiger partial charge in [-0.05, 0) is 49.3 Å². The molecule has 20 heavy (non-hydrogen) atoms. The molecule has 1 aromatic rings. The van der Waals surface area contributed by atoms with Crippen molar-refractivity contribution in [3.63, 3.8) is 0 Å². The van der Waals surface area contributed by atoms with E-state index < -0.39 is 0 Å². The van der Waals surface area contributed by atoms with E-state index in [-0.39, 0.29) is 0 Å². The van der Waals surface area contributed by atoms with Gasteiger partial charge in [0.1, 0.15) is 5.75 Å². The standard InChI is InChI=1S/C17H24BrNO/c1-2-12-3-5-16(6-4-12)19-11-14-10-15(18)9-13-7-8-20-17(13)14/h9-10,12,16,19H,2-8,11H2,1H3. The summed E-state index contributed by atoms with van der Waals surface area (Å²) in [5.74, 6) is 2.09. The lowest BCUT2D eigenvalue weighted by atomic mass is 9.84. The molecule has 3 rings (SSSR count). The van der Waals surface area contributed by atoms with Gasteiger partial charge in [0.25, 0.3) is 0 Å². The fraction of sp³-hybridized carbons (Fsp3) is 0.647. The zero-order valence-electron chi connectivity index (χ0n) is 12.3. The molecular formula is C17H24BrNO. The van der Waals surface area contributed by atoms with Gasteiger partial charge < -0.3 is 10.1 Å². The van der Waals surface area contributed by atoms with E-state index in [9.17, 15) is 0 Å². The van der Waals surface area contributed by atoms with Gasteiger partial charge in [-0.1, -0.05) is 29.3 Å². The van der Waals surface area contributed by atoms with Gasteiger partial charge >= 0.3 is 0 Å². The fourth-order valence-electron chi connectivity index (χ4n) is 3.51. The summed E-state index contributed by atoms with van der Waals surface area (Å²) >= 11 is 3.62. The van der Waals surface area contributed by atoms with Crippen molar-refractivity contribution in [1.29, 1.82) is 0 Å². The highest BCUT2D eigenvalue weighted by Gasteiger charge is 2.21. The summed E-state index contributed by atoms with van der Waals surface area (Å²) in [6.07, 6.45) is 7.83. The van der Waals surface area contributed by atoms with E-state index in [1.807, 2.05) is 0 Å². The first-order chi connectivity index (χ1) is 9.76. The molecule has 1 heterocycles. The number of ether oxygens (including phenoxy) is 1. The summed E-state index contributed by atoms with van der Waals surface area (Å²) in [7, 11) is 0. The maximum absolute atomic E-state index is 5.80. The maximum atomic E-state index is 5.80. The van der Waals surface area contributed by atoms with Crippen LogP contribution in [0.5, 0.6) is 5.75 Å². The summed E-state index contributed by atoms with van der Waals surface area (Å²) in [6.45, 7) is 4.09. The minimum absolute atomic E-state index is 0.689. The summed E-state index contributed by atoms with van der Waals surface area (Å²) < 4.78 is 6.97. The minimum atomic E-state index is 0.689. The first-order valence-electron chi connectivity index (χ1n) is 7.93. The maximum Gasteiger partial charge on any atom is 0.127 e. The monoisotopic (exact) mass is 337 g/mol. The highest BCUT2D eigenvalue weighted by atomic mass is 79.9. The van der Waals surface area contributed by atoms with Crippen LogP contribution in [0.2, 0.25) is 0 Å². The number of hydrogen-bond donors (Lipinski definition) is 1. The molecule has 1 aliphatic carbocycles. The fourth-order valence-corrected chi connectivity index (χ4v) is 4.06. The summed E-state index contributed by atoms with van der Waals surface area (Å²) in [4.78, 5) is 0. The topological polar surface area (TPSA) is 21.3 Å². The molecule has 110 valence electrons. The predicted octanol–water partition coefficient (Wildman–Crippen LogP) is 4.44. The Morgan fingerprint density at radius 2 is 2.05 bits per heavy atom. The lowest BCUT2D eigenvalue weighted by Crippen LogP contribution is -2.32. The van der Waals surface area contributed by atoms with Crippen molar-refractivity contribution in [2.75, 3.05) is 6.61 Å². The Morgan fingerprint density at radius 3 is 2.80 bits per heavy atom. The van der Waals surface area contributed by atoms with Crippen LogP contribution in [0.1, 0.15) is 50.2 Å². The molecule has 2 nitrogen and oxygen atoms in total. The molecule has 3 heteroatoms. The SMILES string of the molecule is CCC1CCC(NCc2cc(Br)cc3c2OCC3)CC1. The molecule has 1 saturated carbocycles. The molecule has 0 spiro atoms. The normalized spacial score (nSPS) is 25.3. The number of nitrogens with one attached hydrogen (secondary N) is 1. The van der Waals surface area contributed by atoms with E-state index >= 15 is 0 Å². The van der Waals surface area contributed by atoms with Gasteiger partial charge in [0, 0.05) is 29.0 Å². The second-order valence-electron chi connectivity index (χ2n) is 6.16. The zero-order chi connectivity index (χ0) is 13.9. The van der Waals surface area contributed by atoms with E-state index in [1.165, 1.54) is 47.7 Å². The van der Waals surface area contributed by atoms with Gasteiger partial charge in [0.05, 0.1) is 6.61 Å². The van der Waals surface area contributed by atoms with E-state index in [4.69, 9.17) is 4.74 Å². The van der Waals surface area contributed by atoms with Crippen molar-refractivity contribution in [3.8, 4) is 5.75 Å². The molecule has 0 radical (unpaired) electrons. The van der Waals surface area contributed by atoms with Crippen LogP contribution in [0.15, 0.2) is 16.6 Å². The van der Waals surface area contributed by atoms with E-state index in [1.54, 1.807) is 0 Å². The molecule has 0 unspecified atom stereocenters. The van der Waals surface area contributed by atoms with Gasteiger partial charge in [0.2, 0.25) is 0 Å². The van der Waals surface area contributed by atoms with E-state index in [0.717, 1.165) is 31.2 Å². The third-order valence-corrected chi connectivity index (χ3v) is 5.29. The number of fused-ring (bicyclic) bond motifs is 1. The van der Waals surface area contributed by atoms with Crippen LogP contribution in [0.3, 0.4) is 0 Å². The van der Waals surface area contributed by atoms with Crippen LogP contribution < -0.4 is 10.1 Å². The average molecular weight is 338 g/mol. The zero-order valence-corrected chi connectivity index (χ0v) is 13.8. The predicted molar refractivity (Wildman–Crippen MR) is 86.2 cm³/mol. The average Bonchev–Trinajstić information content (AvgIpc) is 2.93. The van der Waals surface area contributed by atoms with Crippen LogP contribution in [0, 0.1) is 5.92 Å². The Hall–Kier alpha value is -0.540. The first kappa shape index (κ1) is 14.4. The van der Waals surface area contributed by atoms with Gasteiger partial charge in [0.15, 0.2) is 0 Å². The molecule has 1 aliphatic heterocycles. The molecular weight excluding hydrogens is 314 g/mol. The number of benzene rings is 1. The summed E-state index contributed by atoms with van der Waals surface area (Å²) in [5.41, 5.74) is 2.66. The number of hydrogen-bond acceptors (Lipinski definition) is 2. The summed E-state index contributed by atoms with van der Waals surface area (Å²) in [6, 6.07) is 5.08. The molecule has 0 aromatic heterocycles. The number of halogens is 1. The Balaban J connectivity index is 1.59. The minimum Gasteiger partial charge on any atom is -0.493 e.